The molecule has 6 heteroatoms. The van der Waals surface area contributed by atoms with Crippen LogP contribution in [0.25, 0.3) is 22.4 Å². The van der Waals surface area contributed by atoms with Gasteiger partial charge in [0.1, 0.15) is 29.8 Å². The normalized spacial score (nSPS) is 12.9. The number of nitrogens with zero attached hydrogens (tertiary/aromatic N) is 3. The molecule has 0 aliphatic carbocycles. The highest BCUT2D eigenvalue weighted by atomic mass is 16.5. The first kappa shape index (κ1) is 22.3. The maximum atomic E-state index is 9.78. The zero-order chi connectivity index (χ0) is 24.2. The predicted octanol–water partition coefficient (Wildman–Crippen LogP) is 5.63. The molecule has 0 bridgehead atoms. The summed E-state index contributed by atoms with van der Waals surface area (Å²) in [6.45, 7) is 2.54. The number of nitriles is 1. The number of nitrogens with two attached hydrogens (primary N) is 2. The van der Waals surface area contributed by atoms with Crippen molar-refractivity contribution >= 4 is 17.2 Å². The largest absolute Gasteiger partial charge is 0.489 e. The Bertz CT molecular complexity index is 1370. The topological polar surface area (TPSA) is 101 Å². The lowest BCUT2D eigenvalue weighted by Crippen LogP contribution is -2.18. The number of rotatable bonds is 6. The molecule has 35 heavy (non-hydrogen) atoms. The van der Waals surface area contributed by atoms with Crippen LogP contribution < -0.4 is 21.1 Å². The number of nitrogen functional groups attached to an aromatic ring is 2. The summed E-state index contributed by atoms with van der Waals surface area (Å²) in [4.78, 5) is 6.81. The van der Waals surface area contributed by atoms with Gasteiger partial charge in [0.25, 0.3) is 0 Å². The number of hydrogen-bond acceptors (Lipinski definition) is 6. The molecule has 4 aromatic rings. The summed E-state index contributed by atoms with van der Waals surface area (Å²) in [5.41, 5.74) is 19.0. The van der Waals surface area contributed by atoms with Gasteiger partial charge in [-0.25, -0.2) is 4.98 Å². The molecule has 6 nitrogen and oxygen atoms in total. The Labute approximate surface area is 205 Å². The Morgan fingerprint density at radius 3 is 2.29 bits per heavy atom. The van der Waals surface area contributed by atoms with Gasteiger partial charge in [0.2, 0.25) is 0 Å². The first-order valence-electron chi connectivity index (χ1n) is 11.7. The quantitative estimate of drug-likeness (QED) is 0.361. The van der Waals surface area contributed by atoms with Gasteiger partial charge < -0.3 is 21.1 Å². The van der Waals surface area contributed by atoms with Crippen molar-refractivity contribution in [3.63, 3.8) is 0 Å². The lowest BCUT2D eigenvalue weighted by Gasteiger charge is -2.20. The third kappa shape index (κ3) is 4.75. The third-order valence-corrected chi connectivity index (χ3v) is 6.34. The van der Waals surface area contributed by atoms with Crippen LogP contribution in [0.15, 0.2) is 78.9 Å². The zero-order valence-electron chi connectivity index (χ0n) is 19.4. The summed E-state index contributed by atoms with van der Waals surface area (Å²) in [6.07, 6.45) is 2.36. The van der Waals surface area contributed by atoms with E-state index in [4.69, 9.17) is 16.2 Å². The van der Waals surface area contributed by atoms with Gasteiger partial charge in [-0.1, -0.05) is 36.4 Å². The van der Waals surface area contributed by atoms with E-state index in [1.165, 1.54) is 12.8 Å². The minimum atomic E-state index is 0.201. The van der Waals surface area contributed by atoms with Gasteiger partial charge in [-0.05, 0) is 66.4 Å². The number of aromatic nitrogens is 1. The Morgan fingerprint density at radius 2 is 1.60 bits per heavy atom. The average molecular weight is 462 g/mol. The van der Waals surface area contributed by atoms with Crippen LogP contribution in [-0.4, -0.2) is 18.1 Å². The van der Waals surface area contributed by atoms with Gasteiger partial charge in [0, 0.05) is 24.2 Å². The minimum absolute atomic E-state index is 0.201. The van der Waals surface area contributed by atoms with Crippen molar-refractivity contribution in [3.05, 3.63) is 90.0 Å². The smallest absolute Gasteiger partial charge is 0.142 e. The summed E-state index contributed by atoms with van der Waals surface area (Å²) in [7, 11) is 0. The van der Waals surface area contributed by atoms with Crippen LogP contribution in [0.2, 0.25) is 0 Å². The van der Waals surface area contributed by atoms with Crippen LogP contribution in [0.1, 0.15) is 24.0 Å². The maximum absolute atomic E-state index is 9.78. The molecule has 1 saturated heterocycles. The first-order chi connectivity index (χ1) is 17.1. The molecule has 0 spiro atoms. The van der Waals surface area contributed by atoms with E-state index < -0.39 is 0 Å². The zero-order valence-corrected chi connectivity index (χ0v) is 19.4. The molecule has 4 N–H and O–H groups in total. The highest BCUT2D eigenvalue weighted by molar-refractivity contribution is 5.84. The molecule has 1 aromatic heterocycles. The molecule has 174 valence electrons. The number of anilines is 3. The van der Waals surface area contributed by atoms with Crippen molar-refractivity contribution in [3.8, 4) is 34.2 Å². The number of benzene rings is 3. The van der Waals surface area contributed by atoms with Gasteiger partial charge in [-0.3, -0.25) is 0 Å². The van der Waals surface area contributed by atoms with Crippen molar-refractivity contribution in [1.82, 2.24) is 4.98 Å². The van der Waals surface area contributed by atoms with Crippen LogP contribution in [0.5, 0.6) is 5.75 Å². The van der Waals surface area contributed by atoms with E-state index in [1.807, 2.05) is 78.9 Å². The molecule has 0 saturated carbocycles. The second-order valence-electron chi connectivity index (χ2n) is 8.69. The lowest BCUT2D eigenvalue weighted by molar-refractivity contribution is 0.306. The molecule has 0 unspecified atom stereocenters. The van der Waals surface area contributed by atoms with Gasteiger partial charge >= 0.3 is 0 Å². The number of pyridine rings is 1. The SMILES string of the molecule is N#Cc1c(-c2ccc(N3CCCC3)c(N)c2)cc(-c2ccc(OCc3ccccc3)cc2)nc1N. The van der Waals surface area contributed by atoms with Gasteiger partial charge in [-0.15, -0.1) is 0 Å². The van der Waals surface area contributed by atoms with Crippen LogP contribution in [0.3, 0.4) is 0 Å². The van der Waals surface area contributed by atoms with Crippen molar-refractivity contribution in [2.45, 2.75) is 19.4 Å². The molecule has 0 atom stereocenters. The fourth-order valence-electron chi connectivity index (χ4n) is 4.49. The van der Waals surface area contributed by atoms with E-state index in [1.54, 1.807) is 0 Å². The molecule has 2 heterocycles. The lowest BCUT2D eigenvalue weighted by atomic mass is 9.97. The van der Waals surface area contributed by atoms with Crippen molar-refractivity contribution in [1.29, 1.82) is 5.26 Å². The van der Waals surface area contributed by atoms with E-state index in [9.17, 15) is 5.26 Å². The van der Waals surface area contributed by atoms with Crippen molar-refractivity contribution in [2.75, 3.05) is 29.5 Å². The summed E-state index contributed by atoms with van der Waals surface area (Å²) in [5.74, 6) is 0.969. The van der Waals surface area contributed by atoms with Gasteiger partial charge in [-0.2, -0.15) is 5.26 Å². The van der Waals surface area contributed by atoms with Crippen LogP contribution in [0, 0.1) is 11.3 Å². The summed E-state index contributed by atoms with van der Waals surface area (Å²) < 4.78 is 5.90. The molecular weight excluding hydrogens is 434 g/mol. The first-order valence-corrected chi connectivity index (χ1v) is 11.7. The van der Waals surface area contributed by atoms with Crippen LogP contribution in [-0.2, 0) is 6.61 Å². The Balaban J connectivity index is 1.43. The molecule has 5 rings (SSSR count). The Morgan fingerprint density at radius 1 is 0.886 bits per heavy atom. The molecule has 1 aliphatic heterocycles. The fourth-order valence-corrected chi connectivity index (χ4v) is 4.49. The van der Waals surface area contributed by atoms with E-state index in [0.717, 1.165) is 46.8 Å². The van der Waals surface area contributed by atoms with Gasteiger partial charge in [0.15, 0.2) is 0 Å². The monoisotopic (exact) mass is 461 g/mol. The standard InChI is InChI=1S/C29H27N5O/c30-18-25-24(22-10-13-28(26(31)16-22)34-14-4-5-15-34)17-27(33-29(25)32)21-8-11-23(12-9-21)35-19-20-6-2-1-3-7-20/h1-3,6-13,16-17H,4-5,14-15,19,31H2,(H2,32,33). The molecule has 0 radical (unpaired) electrons. The molecule has 0 amide bonds. The highest BCUT2D eigenvalue weighted by Gasteiger charge is 2.18. The van der Waals surface area contributed by atoms with E-state index in [2.05, 4.69) is 16.0 Å². The molecule has 1 fully saturated rings. The van der Waals surface area contributed by atoms with Crippen LogP contribution >= 0.6 is 0 Å². The summed E-state index contributed by atoms with van der Waals surface area (Å²) in [5, 5.41) is 9.78. The highest BCUT2D eigenvalue weighted by Crippen LogP contribution is 2.36. The average Bonchev–Trinajstić information content (AvgIpc) is 3.42. The van der Waals surface area contributed by atoms with E-state index >= 15 is 0 Å². The third-order valence-electron chi connectivity index (χ3n) is 6.34. The Kier molecular flexibility index (Phi) is 6.23. The summed E-state index contributed by atoms with van der Waals surface area (Å²) in [6, 6.07) is 27.8. The van der Waals surface area contributed by atoms with Crippen LogP contribution in [0.4, 0.5) is 17.2 Å². The fraction of sp³-hybridized carbons (Fsp3) is 0.172. The maximum Gasteiger partial charge on any atom is 0.142 e. The second-order valence-corrected chi connectivity index (χ2v) is 8.69. The van der Waals surface area contributed by atoms with Crippen molar-refractivity contribution < 1.29 is 4.74 Å². The molecule has 1 aliphatic rings. The molecule has 3 aromatic carbocycles. The van der Waals surface area contributed by atoms with Crippen molar-refractivity contribution in [2.24, 2.45) is 0 Å². The molecular formula is C29H27N5O. The summed E-state index contributed by atoms with van der Waals surface area (Å²) >= 11 is 0. The van der Waals surface area contributed by atoms with Gasteiger partial charge in [0.05, 0.1) is 17.1 Å². The predicted molar refractivity (Wildman–Crippen MR) is 141 cm³/mol. The van der Waals surface area contributed by atoms with E-state index in [-0.39, 0.29) is 5.82 Å². The number of hydrogen-bond donors (Lipinski definition) is 2. The second kappa shape index (κ2) is 9.78. The van der Waals surface area contributed by atoms with E-state index in [0.29, 0.717) is 23.6 Å². The Hall–Kier alpha value is -4.50. The number of ether oxygens (including phenoxy) is 1. The minimum Gasteiger partial charge on any atom is -0.489 e.